The number of hydrogen-bond donors (Lipinski definition) is 1. The third-order valence-electron chi connectivity index (χ3n) is 4.66. The predicted molar refractivity (Wildman–Crippen MR) is 104 cm³/mol. The van der Waals surface area contributed by atoms with E-state index < -0.39 is 6.04 Å². The monoisotopic (exact) mass is 356 g/mol. The second-order valence-corrected chi connectivity index (χ2v) is 7.87. The van der Waals surface area contributed by atoms with Gasteiger partial charge in [-0.25, -0.2) is 0 Å². The summed E-state index contributed by atoms with van der Waals surface area (Å²) < 4.78 is 2.31. The smallest absolute Gasteiger partial charge is 0.287 e. The van der Waals surface area contributed by atoms with Crippen LogP contribution in [-0.4, -0.2) is 21.0 Å². The molecular formula is C20H24N2O2S. The number of benzene rings is 1. The molecule has 2 unspecified atom stereocenters. The zero-order valence-electron chi connectivity index (χ0n) is 14.9. The van der Waals surface area contributed by atoms with Gasteiger partial charge in [0.1, 0.15) is 6.04 Å². The quantitative estimate of drug-likeness (QED) is 0.753. The highest BCUT2D eigenvalue weighted by Crippen LogP contribution is 2.28. The molecule has 1 N–H and O–H groups in total. The van der Waals surface area contributed by atoms with Crippen molar-refractivity contribution in [2.75, 3.05) is 0 Å². The number of fused-ring (bicyclic) bond motifs is 1. The average Bonchev–Trinajstić information content (AvgIpc) is 3.11. The van der Waals surface area contributed by atoms with E-state index >= 15 is 0 Å². The summed E-state index contributed by atoms with van der Waals surface area (Å²) >= 11 is 0.775. The van der Waals surface area contributed by atoms with Crippen molar-refractivity contribution in [3.63, 3.8) is 0 Å². The van der Waals surface area contributed by atoms with E-state index in [1.807, 2.05) is 12.1 Å². The lowest BCUT2D eigenvalue weighted by Gasteiger charge is -2.15. The van der Waals surface area contributed by atoms with Crippen LogP contribution in [0.1, 0.15) is 45.2 Å². The standard InChI is InChI=1S/C20H24N2O2S/c1-13(2)6-4-7-14(3)22-11-10-16-15(8-5-9-18(16)22)12-17-19(23)25-20(24)21-17/h5-6,8-11,14,17H,4,7,12H2,1-3H3,(H,21,24). The maximum Gasteiger partial charge on any atom is 0.287 e. The second-order valence-electron chi connectivity index (χ2n) is 6.89. The van der Waals surface area contributed by atoms with Crippen molar-refractivity contribution in [1.82, 2.24) is 9.88 Å². The van der Waals surface area contributed by atoms with E-state index in [4.69, 9.17) is 0 Å². The number of aromatic nitrogens is 1. The van der Waals surface area contributed by atoms with E-state index in [0.29, 0.717) is 12.5 Å². The van der Waals surface area contributed by atoms with Gasteiger partial charge in [-0.3, -0.25) is 9.59 Å². The molecule has 1 saturated heterocycles. The second kappa shape index (κ2) is 7.48. The fourth-order valence-corrected chi connectivity index (χ4v) is 3.98. The van der Waals surface area contributed by atoms with Crippen LogP contribution in [0.2, 0.25) is 0 Å². The first kappa shape index (κ1) is 17.8. The minimum Gasteiger partial charge on any atom is -0.345 e. The largest absolute Gasteiger partial charge is 0.345 e. The van der Waals surface area contributed by atoms with Crippen LogP contribution in [0.4, 0.5) is 4.79 Å². The molecule has 2 heterocycles. The molecule has 1 fully saturated rings. The number of thioether (sulfide) groups is 1. The Labute approximate surface area is 152 Å². The molecule has 1 aromatic carbocycles. The molecule has 0 bridgehead atoms. The van der Waals surface area contributed by atoms with E-state index in [-0.39, 0.29) is 10.4 Å². The Kier molecular flexibility index (Phi) is 5.33. The van der Waals surface area contributed by atoms with E-state index in [0.717, 1.165) is 35.6 Å². The maximum absolute atomic E-state index is 11.9. The number of carbonyl (C=O) groups excluding carboxylic acids is 2. The number of amides is 1. The van der Waals surface area contributed by atoms with Crippen LogP contribution in [0.15, 0.2) is 42.1 Å². The molecule has 2 aromatic rings. The highest BCUT2D eigenvalue weighted by Gasteiger charge is 2.31. The molecule has 0 spiro atoms. The Balaban J connectivity index is 1.81. The van der Waals surface area contributed by atoms with Gasteiger partial charge < -0.3 is 9.88 Å². The molecule has 25 heavy (non-hydrogen) atoms. The fraction of sp³-hybridized carbons (Fsp3) is 0.400. The van der Waals surface area contributed by atoms with Crippen molar-refractivity contribution in [2.24, 2.45) is 0 Å². The summed E-state index contributed by atoms with van der Waals surface area (Å²) in [6, 6.07) is 8.32. The number of allylic oxidation sites excluding steroid dienone is 2. The van der Waals surface area contributed by atoms with Gasteiger partial charge in [0.2, 0.25) is 5.12 Å². The Morgan fingerprint density at radius 3 is 2.80 bits per heavy atom. The summed E-state index contributed by atoms with van der Waals surface area (Å²) in [6.07, 6.45) is 7.12. The molecule has 1 amide bonds. The van der Waals surface area contributed by atoms with Crippen molar-refractivity contribution >= 4 is 33.0 Å². The molecular weight excluding hydrogens is 332 g/mol. The normalized spacial score (nSPS) is 18.4. The van der Waals surface area contributed by atoms with Gasteiger partial charge in [-0.2, -0.15) is 0 Å². The van der Waals surface area contributed by atoms with Crippen LogP contribution in [0.5, 0.6) is 0 Å². The Morgan fingerprint density at radius 2 is 2.12 bits per heavy atom. The van der Waals surface area contributed by atoms with Crippen LogP contribution >= 0.6 is 11.8 Å². The first-order valence-corrected chi connectivity index (χ1v) is 9.51. The molecule has 0 saturated carbocycles. The van der Waals surface area contributed by atoms with Gasteiger partial charge in [0, 0.05) is 41.3 Å². The summed E-state index contributed by atoms with van der Waals surface area (Å²) in [5.74, 6) is 0. The molecule has 1 aliphatic heterocycles. The zero-order chi connectivity index (χ0) is 18.0. The molecule has 0 radical (unpaired) electrons. The van der Waals surface area contributed by atoms with Crippen molar-refractivity contribution in [2.45, 2.75) is 52.1 Å². The molecule has 0 aliphatic carbocycles. The number of hydrogen-bond acceptors (Lipinski definition) is 3. The molecule has 3 rings (SSSR count). The minimum atomic E-state index is -0.415. The van der Waals surface area contributed by atoms with Crippen LogP contribution in [0, 0.1) is 0 Å². The Hall–Kier alpha value is -2.01. The number of rotatable bonds is 6. The summed E-state index contributed by atoms with van der Waals surface area (Å²) in [4.78, 5) is 23.3. The first-order valence-electron chi connectivity index (χ1n) is 8.69. The molecule has 4 nitrogen and oxygen atoms in total. The van der Waals surface area contributed by atoms with Gasteiger partial charge in [-0.05, 0) is 51.3 Å². The topological polar surface area (TPSA) is 51.1 Å². The van der Waals surface area contributed by atoms with Crippen LogP contribution in [0.25, 0.3) is 10.9 Å². The molecule has 132 valence electrons. The average molecular weight is 356 g/mol. The summed E-state index contributed by atoms with van der Waals surface area (Å²) in [7, 11) is 0. The number of nitrogens with zero attached hydrogens (tertiary/aromatic N) is 1. The number of nitrogens with one attached hydrogen (secondary N) is 1. The number of carbonyl (C=O) groups is 2. The fourth-order valence-electron chi connectivity index (χ4n) is 3.31. The van der Waals surface area contributed by atoms with Gasteiger partial charge in [0.25, 0.3) is 5.24 Å². The van der Waals surface area contributed by atoms with Gasteiger partial charge in [-0.1, -0.05) is 23.8 Å². The van der Waals surface area contributed by atoms with Crippen LogP contribution in [-0.2, 0) is 11.2 Å². The van der Waals surface area contributed by atoms with Crippen molar-refractivity contribution in [3.05, 3.63) is 47.7 Å². The van der Waals surface area contributed by atoms with E-state index in [2.05, 4.69) is 55.1 Å². The third kappa shape index (κ3) is 3.98. The molecule has 5 heteroatoms. The molecule has 1 aliphatic rings. The first-order chi connectivity index (χ1) is 12.0. The van der Waals surface area contributed by atoms with Crippen LogP contribution < -0.4 is 5.32 Å². The highest BCUT2D eigenvalue weighted by atomic mass is 32.2. The van der Waals surface area contributed by atoms with E-state index in [9.17, 15) is 9.59 Å². The summed E-state index contributed by atoms with van der Waals surface area (Å²) in [5, 5.41) is 3.58. The lowest BCUT2D eigenvalue weighted by molar-refractivity contribution is -0.112. The lowest BCUT2D eigenvalue weighted by Crippen LogP contribution is -2.30. The SMILES string of the molecule is CC(C)=CCCC(C)n1ccc2c(CC3NC(=O)SC3=O)cccc21. The molecule has 2 atom stereocenters. The van der Waals surface area contributed by atoms with Gasteiger partial charge in [0.15, 0.2) is 0 Å². The Bertz CT molecular complexity index is 833. The van der Waals surface area contributed by atoms with Crippen molar-refractivity contribution in [1.29, 1.82) is 0 Å². The van der Waals surface area contributed by atoms with Gasteiger partial charge >= 0.3 is 0 Å². The van der Waals surface area contributed by atoms with Crippen molar-refractivity contribution in [3.8, 4) is 0 Å². The highest BCUT2D eigenvalue weighted by molar-refractivity contribution is 8.26. The summed E-state index contributed by atoms with van der Waals surface area (Å²) in [6.45, 7) is 6.50. The zero-order valence-corrected chi connectivity index (χ0v) is 15.7. The predicted octanol–water partition coefficient (Wildman–Crippen LogP) is 4.84. The van der Waals surface area contributed by atoms with Gasteiger partial charge in [0.05, 0.1) is 0 Å². The van der Waals surface area contributed by atoms with Crippen LogP contribution in [0.3, 0.4) is 0 Å². The lowest BCUT2D eigenvalue weighted by atomic mass is 10.0. The van der Waals surface area contributed by atoms with Crippen molar-refractivity contribution < 1.29 is 9.59 Å². The Morgan fingerprint density at radius 1 is 1.32 bits per heavy atom. The van der Waals surface area contributed by atoms with Gasteiger partial charge in [-0.15, -0.1) is 0 Å². The minimum absolute atomic E-state index is 0.0865. The van der Waals surface area contributed by atoms with E-state index in [1.54, 1.807) is 0 Å². The third-order valence-corrected chi connectivity index (χ3v) is 5.45. The van der Waals surface area contributed by atoms with E-state index in [1.165, 1.54) is 11.1 Å². The molecule has 1 aromatic heterocycles. The maximum atomic E-state index is 11.9. The summed E-state index contributed by atoms with van der Waals surface area (Å²) in [5.41, 5.74) is 3.65.